The summed E-state index contributed by atoms with van der Waals surface area (Å²) in [4.78, 5) is 0. The van der Waals surface area contributed by atoms with E-state index >= 15 is 0 Å². The van der Waals surface area contributed by atoms with E-state index in [1.165, 1.54) is 0 Å². The quantitative estimate of drug-likeness (QED) is 0.646. The third kappa shape index (κ3) is 1.07. The maximum absolute atomic E-state index is 9.21. The number of hydrogen-bond acceptors (Lipinski definition) is 2. The number of rotatable bonds is 1. The van der Waals surface area contributed by atoms with E-state index in [0.717, 1.165) is 16.9 Å². The van der Waals surface area contributed by atoms with Gasteiger partial charge in [-0.25, -0.2) is 0 Å². The lowest BCUT2D eigenvalue weighted by Crippen LogP contribution is -1.92. The van der Waals surface area contributed by atoms with Gasteiger partial charge in [-0.2, -0.15) is 0 Å². The van der Waals surface area contributed by atoms with E-state index < -0.39 is 6.10 Å². The molecule has 0 aromatic carbocycles. The molecular weight excluding hydrogens is 128 g/mol. The molecule has 2 nitrogen and oxygen atoms in total. The molecule has 1 rings (SSSR count). The highest BCUT2D eigenvalue weighted by molar-refractivity contribution is 5.27. The van der Waals surface area contributed by atoms with Gasteiger partial charge < -0.3 is 9.52 Å². The zero-order valence-electron chi connectivity index (χ0n) is 6.51. The summed E-state index contributed by atoms with van der Waals surface area (Å²) in [6, 6.07) is 0. The predicted molar refractivity (Wildman–Crippen MR) is 38.8 cm³/mol. The van der Waals surface area contributed by atoms with Gasteiger partial charge in [0, 0.05) is 5.56 Å². The van der Waals surface area contributed by atoms with Crippen LogP contribution in [0.4, 0.5) is 0 Å². The van der Waals surface area contributed by atoms with Crippen LogP contribution in [0.5, 0.6) is 0 Å². The maximum Gasteiger partial charge on any atom is 0.106 e. The normalized spacial score (nSPS) is 13.6. The van der Waals surface area contributed by atoms with E-state index in [0.29, 0.717) is 0 Å². The number of furan rings is 1. The van der Waals surface area contributed by atoms with Gasteiger partial charge in [0.25, 0.3) is 0 Å². The summed E-state index contributed by atoms with van der Waals surface area (Å²) >= 11 is 0. The van der Waals surface area contributed by atoms with Crippen molar-refractivity contribution in [3.8, 4) is 0 Å². The van der Waals surface area contributed by atoms with Crippen molar-refractivity contribution in [2.75, 3.05) is 0 Å². The molecule has 0 fully saturated rings. The number of hydrogen-bond donors (Lipinski definition) is 1. The summed E-state index contributed by atoms with van der Waals surface area (Å²) in [5, 5.41) is 9.21. The van der Waals surface area contributed by atoms with Crippen LogP contribution in [0.25, 0.3) is 0 Å². The number of aliphatic hydroxyl groups is 1. The molecule has 0 bridgehead atoms. The van der Waals surface area contributed by atoms with E-state index in [1.807, 2.05) is 13.8 Å². The van der Waals surface area contributed by atoms with Gasteiger partial charge in [0.1, 0.15) is 5.76 Å². The lowest BCUT2D eigenvalue weighted by molar-refractivity contribution is 0.196. The van der Waals surface area contributed by atoms with Crippen LogP contribution in [-0.4, -0.2) is 5.11 Å². The molecule has 1 aromatic rings. The first-order valence-electron chi connectivity index (χ1n) is 3.35. The lowest BCUT2D eigenvalue weighted by Gasteiger charge is -2.02. The average Bonchev–Trinajstić information content (AvgIpc) is 2.11. The Bertz CT molecular complexity index is 204. The first kappa shape index (κ1) is 7.35. The summed E-state index contributed by atoms with van der Waals surface area (Å²) in [5.41, 5.74) is 1.94. The van der Waals surface area contributed by atoms with Crippen molar-refractivity contribution in [1.82, 2.24) is 0 Å². The maximum atomic E-state index is 9.21. The van der Waals surface area contributed by atoms with Gasteiger partial charge in [0.15, 0.2) is 0 Å². The second-order valence-electron chi connectivity index (χ2n) is 2.56. The highest BCUT2D eigenvalue weighted by atomic mass is 16.3. The van der Waals surface area contributed by atoms with Gasteiger partial charge in [-0.1, -0.05) is 0 Å². The highest BCUT2D eigenvalue weighted by Gasteiger charge is 2.10. The summed E-state index contributed by atoms with van der Waals surface area (Å²) in [5.74, 6) is 0.813. The summed E-state index contributed by atoms with van der Waals surface area (Å²) < 4.78 is 5.10. The standard InChI is InChI=1S/C8H12O2/c1-5-4-10-7(3)8(5)6(2)9/h4,6,9H,1-3H3. The highest BCUT2D eigenvalue weighted by Crippen LogP contribution is 2.22. The smallest absolute Gasteiger partial charge is 0.106 e. The minimum Gasteiger partial charge on any atom is -0.469 e. The van der Waals surface area contributed by atoms with Gasteiger partial charge in [0.05, 0.1) is 12.4 Å². The van der Waals surface area contributed by atoms with Crippen LogP contribution in [-0.2, 0) is 0 Å². The van der Waals surface area contributed by atoms with Crippen molar-refractivity contribution in [3.05, 3.63) is 23.2 Å². The second kappa shape index (κ2) is 2.46. The van der Waals surface area contributed by atoms with Crippen LogP contribution in [0, 0.1) is 13.8 Å². The van der Waals surface area contributed by atoms with Crippen LogP contribution in [0.15, 0.2) is 10.7 Å². The molecule has 0 saturated carbocycles. The molecule has 1 aromatic heterocycles. The molecule has 56 valence electrons. The average molecular weight is 140 g/mol. The Morgan fingerprint density at radius 2 is 2.10 bits per heavy atom. The van der Waals surface area contributed by atoms with Gasteiger partial charge in [-0.15, -0.1) is 0 Å². The molecule has 1 N–H and O–H groups in total. The molecule has 10 heavy (non-hydrogen) atoms. The zero-order chi connectivity index (χ0) is 7.72. The van der Waals surface area contributed by atoms with Gasteiger partial charge in [-0.3, -0.25) is 0 Å². The van der Waals surface area contributed by atoms with Gasteiger partial charge >= 0.3 is 0 Å². The van der Waals surface area contributed by atoms with E-state index in [4.69, 9.17) is 4.42 Å². The summed E-state index contributed by atoms with van der Waals surface area (Å²) in [7, 11) is 0. The molecule has 1 heterocycles. The zero-order valence-corrected chi connectivity index (χ0v) is 6.51. The Morgan fingerprint density at radius 3 is 2.30 bits per heavy atom. The first-order valence-corrected chi connectivity index (χ1v) is 3.35. The molecular formula is C8H12O2. The molecule has 0 amide bonds. The van der Waals surface area contributed by atoms with E-state index in [-0.39, 0.29) is 0 Å². The Morgan fingerprint density at radius 1 is 1.50 bits per heavy atom. The van der Waals surface area contributed by atoms with Crippen LogP contribution >= 0.6 is 0 Å². The molecule has 2 heteroatoms. The van der Waals surface area contributed by atoms with Crippen molar-refractivity contribution in [3.63, 3.8) is 0 Å². The summed E-state index contributed by atoms with van der Waals surface area (Å²) in [6.45, 7) is 5.53. The van der Waals surface area contributed by atoms with Crippen molar-refractivity contribution in [1.29, 1.82) is 0 Å². The fourth-order valence-corrected chi connectivity index (χ4v) is 1.21. The molecule has 1 unspecified atom stereocenters. The second-order valence-corrected chi connectivity index (χ2v) is 2.56. The lowest BCUT2D eigenvalue weighted by atomic mass is 10.1. The van der Waals surface area contributed by atoms with Crippen molar-refractivity contribution >= 4 is 0 Å². The number of aryl methyl sites for hydroxylation is 2. The van der Waals surface area contributed by atoms with Crippen molar-refractivity contribution in [2.24, 2.45) is 0 Å². The van der Waals surface area contributed by atoms with Crippen molar-refractivity contribution < 1.29 is 9.52 Å². The summed E-state index contributed by atoms with van der Waals surface area (Å²) in [6.07, 6.45) is 1.25. The molecule has 0 aliphatic heterocycles. The third-order valence-electron chi connectivity index (χ3n) is 1.63. The molecule has 0 saturated heterocycles. The van der Waals surface area contributed by atoms with Crippen molar-refractivity contribution in [2.45, 2.75) is 26.9 Å². The SMILES string of the molecule is Cc1coc(C)c1C(C)O. The largest absolute Gasteiger partial charge is 0.469 e. The van der Waals surface area contributed by atoms with E-state index in [9.17, 15) is 5.11 Å². The molecule has 1 atom stereocenters. The van der Waals surface area contributed by atoms with Crippen LogP contribution in [0.3, 0.4) is 0 Å². The molecule has 0 aliphatic rings. The monoisotopic (exact) mass is 140 g/mol. The van der Waals surface area contributed by atoms with Crippen LogP contribution < -0.4 is 0 Å². The minimum atomic E-state index is -0.418. The van der Waals surface area contributed by atoms with E-state index in [1.54, 1.807) is 13.2 Å². The van der Waals surface area contributed by atoms with Gasteiger partial charge in [-0.05, 0) is 26.3 Å². The van der Waals surface area contributed by atoms with Gasteiger partial charge in [0.2, 0.25) is 0 Å². The Balaban J connectivity index is 3.10. The topological polar surface area (TPSA) is 33.4 Å². The van der Waals surface area contributed by atoms with Crippen LogP contribution in [0.2, 0.25) is 0 Å². The Labute approximate surface area is 60.5 Å². The molecule has 0 radical (unpaired) electrons. The van der Waals surface area contributed by atoms with E-state index in [2.05, 4.69) is 0 Å². The Kier molecular flexibility index (Phi) is 1.81. The molecule has 0 aliphatic carbocycles. The molecule has 0 spiro atoms. The fraction of sp³-hybridized carbons (Fsp3) is 0.500. The third-order valence-corrected chi connectivity index (χ3v) is 1.63. The Hall–Kier alpha value is -0.760. The fourth-order valence-electron chi connectivity index (χ4n) is 1.21. The minimum absolute atomic E-state index is 0.418. The first-order chi connectivity index (χ1) is 4.63. The predicted octanol–water partition coefficient (Wildman–Crippen LogP) is 1.95. The number of aliphatic hydroxyl groups excluding tert-OH is 1. The van der Waals surface area contributed by atoms with Crippen LogP contribution in [0.1, 0.15) is 29.9 Å².